The number of rotatable bonds is 8. The van der Waals surface area contributed by atoms with E-state index in [1.165, 1.54) is 25.9 Å². The minimum atomic E-state index is -5.08. The van der Waals surface area contributed by atoms with Crippen LogP contribution >= 0.6 is 0 Å². The van der Waals surface area contributed by atoms with E-state index in [0.29, 0.717) is 23.0 Å². The Morgan fingerprint density at radius 3 is 1.36 bits per heavy atom. The molecule has 4 aliphatic heterocycles. The highest BCUT2D eigenvalue weighted by Crippen LogP contribution is 2.50. The maximum atomic E-state index is 12.0. The van der Waals surface area contributed by atoms with Gasteiger partial charge in [0.1, 0.15) is 5.60 Å². The summed E-state index contributed by atoms with van der Waals surface area (Å²) in [6, 6.07) is 0. The topological polar surface area (TPSA) is 160 Å². The third-order valence-electron chi connectivity index (χ3n) is 9.56. The second-order valence-corrected chi connectivity index (χ2v) is 15.3. The van der Waals surface area contributed by atoms with Gasteiger partial charge in [-0.05, 0) is 46.5 Å². The van der Waals surface area contributed by atoms with Gasteiger partial charge in [0.05, 0.1) is 51.8 Å². The van der Waals surface area contributed by atoms with Crippen molar-refractivity contribution in [2.75, 3.05) is 105 Å². The van der Waals surface area contributed by atoms with Gasteiger partial charge in [-0.3, -0.25) is 9.80 Å². The molecule has 6 rings (SSSR count). The van der Waals surface area contributed by atoms with Crippen molar-refractivity contribution in [2.45, 2.75) is 76.6 Å². The fourth-order valence-corrected chi connectivity index (χ4v) is 6.64. The molecular formula is C33H54F6N4O10. The first-order valence-corrected chi connectivity index (χ1v) is 17.7. The van der Waals surface area contributed by atoms with Gasteiger partial charge in [-0.2, -0.15) is 26.3 Å². The van der Waals surface area contributed by atoms with Gasteiger partial charge in [-0.1, -0.05) is 0 Å². The number of ether oxygens (including phenoxy) is 5. The monoisotopic (exact) mass is 780 g/mol. The molecule has 14 nitrogen and oxygen atoms in total. The lowest BCUT2D eigenvalue weighted by Gasteiger charge is -2.58. The Balaban J connectivity index is 0.000000217. The molecule has 53 heavy (non-hydrogen) atoms. The number of nitrogens with one attached hydrogen (secondary N) is 1. The van der Waals surface area contributed by atoms with Gasteiger partial charge in [-0.25, -0.2) is 14.4 Å². The molecule has 2 spiro atoms. The summed E-state index contributed by atoms with van der Waals surface area (Å²) in [6.07, 6.45) is -4.71. The number of carboxylic acids is 2. The molecule has 6 fully saturated rings. The predicted octanol–water partition coefficient (Wildman–Crippen LogP) is 3.09. The van der Waals surface area contributed by atoms with Crippen LogP contribution in [0.5, 0.6) is 0 Å². The van der Waals surface area contributed by atoms with Gasteiger partial charge in [0.2, 0.25) is 0 Å². The first-order valence-electron chi connectivity index (χ1n) is 17.7. The van der Waals surface area contributed by atoms with Crippen LogP contribution in [-0.4, -0.2) is 178 Å². The van der Waals surface area contributed by atoms with Crippen LogP contribution in [0.4, 0.5) is 31.1 Å². The molecule has 0 aromatic heterocycles. The smallest absolute Gasteiger partial charge is 0.475 e. The van der Waals surface area contributed by atoms with Crippen LogP contribution < -0.4 is 5.32 Å². The first kappa shape index (κ1) is 44.9. The number of hydrogen-bond donors (Lipinski definition) is 3. The van der Waals surface area contributed by atoms with Gasteiger partial charge < -0.3 is 44.1 Å². The fraction of sp³-hybridized carbons (Fsp3) is 0.909. The average Bonchev–Trinajstić information content (AvgIpc) is 2.97. The zero-order chi connectivity index (χ0) is 39.5. The molecule has 2 saturated carbocycles. The number of amides is 1. The van der Waals surface area contributed by atoms with E-state index in [2.05, 4.69) is 15.1 Å². The number of likely N-dealkylation sites (tertiary alicyclic amines) is 1. The highest BCUT2D eigenvalue weighted by molar-refractivity contribution is 5.73. The summed E-state index contributed by atoms with van der Waals surface area (Å²) in [5.74, 6) is -5.51. The Morgan fingerprint density at radius 1 is 0.698 bits per heavy atom. The van der Waals surface area contributed by atoms with Crippen LogP contribution in [0.25, 0.3) is 0 Å². The predicted molar refractivity (Wildman–Crippen MR) is 175 cm³/mol. The average molecular weight is 781 g/mol. The van der Waals surface area contributed by atoms with Crippen molar-refractivity contribution in [3.63, 3.8) is 0 Å². The number of alkyl halides is 6. The summed E-state index contributed by atoms with van der Waals surface area (Å²) < 4.78 is 91.4. The molecule has 0 radical (unpaired) electrons. The molecule has 3 N–H and O–H groups in total. The Morgan fingerprint density at radius 2 is 1.06 bits per heavy atom. The van der Waals surface area contributed by atoms with Crippen LogP contribution in [0, 0.1) is 10.8 Å². The summed E-state index contributed by atoms with van der Waals surface area (Å²) >= 11 is 0. The summed E-state index contributed by atoms with van der Waals surface area (Å²) in [5.41, 5.74) is 0.536. The van der Waals surface area contributed by atoms with E-state index in [1.807, 2.05) is 25.7 Å². The van der Waals surface area contributed by atoms with Crippen LogP contribution in [0.1, 0.15) is 46.5 Å². The molecular weight excluding hydrogens is 726 g/mol. The maximum absolute atomic E-state index is 12.0. The zero-order valence-corrected chi connectivity index (χ0v) is 30.6. The molecule has 0 bridgehead atoms. The minimum absolute atomic E-state index is 0.181. The van der Waals surface area contributed by atoms with Crippen LogP contribution in [0.2, 0.25) is 0 Å². The Labute approximate surface area is 305 Å². The standard InChI is InChI=1S/C17H30N2O4.C12H22N2O2.2C2HF3O2/c1-16(2,3)23-15(20)19-12-17(13-19)10-14(11-17)22-9-6-18-4-7-21-8-5-18;1-4-15-5-2-14(1)3-6-16-11-7-12(8-11)9-13-10-12;2*3-2(4,5)1(6)7/h14H,4-13H2,1-3H3;11,13H,1-10H2;2*(H,6,7). The van der Waals surface area contributed by atoms with E-state index in [9.17, 15) is 31.1 Å². The van der Waals surface area contributed by atoms with Crippen molar-refractivity contribution in [1.29, 1.82) is 0 Å². The fourth-order valence-electron chi connectivity index (χ4n) is 6.64. The van der Waals surface area contributed by atoms with E-state index in [0.717, 1.165) is 105 Å². The molecule has 2 aliphatic carbocycles. The van der Waals surface area contributed by atoms with Crippen molar-refractivity contribution in [1.82, 2.24) is 20.0 Å². The van der Waals surface area contributed by atoms with Crippen LogP contribution in [0.15, 0.2) is 0 Å². The molecule has 0 aromatic carbocycles. The highest BCUT2D eigenvalue weighted by Gasteiger charge is 2.55. The Kier molecular flexibility index (Phi) is 16.4. The molecule has 0 atom stereocenters. The van der Waals surface area contributed by atoms with E-state index in [4.69, 9.17) is 43.5 Å². The lowest BCUT2D eigenvalue weighted by molar-refractivity contribution is -0.193. The van der Waals surface area contributed by atoms with Crippen molar-refractivity contribution < 1.29 is 74.6 Å². The number of aliphatic carboxylic acids is 2. The van der Waals surface area contributed by atoms with Gasteiger partial charge in [0.25, 0.3) is 0 Å². The van der Waals surface area contributed by atoms with Crippen LogP contribution in [-0.2, 0) is 33.3 Å². The molecule has 1 amide bonds. The third kappa shape index (κ3) is 15.6. The molecule has 308 valence electrons. The maximum Gasteiger partial charge on any atom is 0.490 e. The lowest BCUT2D eigenvalue weighted by atomic mass is 9.62. The van der Waals surface area contributed by atoms with E-state index >= 15 is 0 Å². The first-order chi connectivity index (χ1) is 24.6. The van der Waals surface area contributed by atoms with Crippen LogP contribution in [0.3, 0.4) is 0 Å². The molecule has 0 aromatic rings. The molecule has 4 saturated heterocycles. The molecule has 4 heterocycles. The summed E-state index contributed by atoms with van der Waals surface area (Å²) in [5, 5.41) is 17.6. The number of carbonyl (C=O) groups excluding carboxylic acids is 1. The quantitative estimate of drug-likeness (QED) is 0.309. The van der Waals surface area contributed by atoms with Gasteiger partial charge in [0, 0.05) is 76.3 Å². The molecule has 20 heteroatoms. The third-order valence-corrected chi connectivity index (χ3v) is 9.56. The second kappa shape index (κ2) is 19.4. The molecule has 6 aliphatic rings. The van der Waals surface area contributed by atoms with Crippen molar-refractivity contribution in [2.24, 2.45) is 10.8 Å². The number of hydrogen-bond acceptors (Lipinski definition) is 11. The Hall–Kier alpha value is -2.49. The summed E-state index contributed by atoms with van der Waals surface area (Å²) in [6.45, 7) is 21.2. The van der Waals surface area contributed by atoms with E-state index in [1.54, 1.807) is 0 Å². The SMILES string of the molecule is C1CN(CCOC2CC3(CNC3)C2)CCO1.CC(C)(C)OC(=O)N1CC2(CC(OCCN3CCOCC3)C2)C1.O=C(O)C(F)(F)F.O=C(O)C(F)(F)F. The Bertz CT molecular complexity index is 1130. The van der Waals surface area contributed by atoms with Gasteiger partial charge >= 0.3 is 30.4 Å². The highest BCUT2D eigenvalue weighted by atomic mass is 19.4. The lowest BCUT2D eigenvalue weighted by Crippen LogP contribution is -2.65. The van der Waals surface area contributed by atoms with E-state index in [-0.39, 0.29) is 6.09 Å². The zero-order valence-electron chi connectivity index (χ0n) is 30.6. The minimum Gasteiger partial charge on any atom is -0.475 e. The number of halogens is 6. The number of morpholine rings is 2. The van der Waals surface area contributed by atoms with Crippen molar-refractivity contribution >= 4 is 18.0 Å². The van der Waals surface area contributed by atoms with Gasteiger partial charge in [0.15, 0.2) is 0 Å². The summed E-state index contributed by atoms with van der Waals surface area (Å²) in [7, 11) is 0. The number of carbonyl (C=O) groups is 3. The normalized spacial score (nSPS) is 22.9. The van der Waals surface area contributed by atoms with Gasteiger partial charge in [-0.15, -0.1) is 0 Å². The number of carboxylic acid groups (broad SMARTS) is 2. The second-order valence-electron chi connectivity index (χ2n) is 15.3. The summed E-state index contributed by atoms with van der Waals surface area (Å²) in [4.78, 5) is 36.4. The largest absolute Gasteiger partial charge is 0.490 e. The van der Waals surface area contributed by atoms with E-state index < -0.39 is 29.9 Å². The number of nitrogens with zero attached hydrogens (tertiary/aromatic N) is 3. The van der Waals surface area contributed by atoms with Crippen molar-refractivity contribution in [3.8, 4) is 0 Å². The molecule has 0 unspecified atom stereocenters. The van der Waals surface area contributed by atoms with Crippen molar-refractivity contribution in [3.05, 3.63) is 0 Å².